The molecule has 3 nitrogen and oxygen atoms in total. The van der Waals surface area contributed by atoms with Gasteiger partial charge in [-0.1, -0.05) is 69.2 Å². The van der Waals surface area contributed by atoms with Crippen molar-refractivity contribution in [2.24, 2.45) is 17.8 Å². The number of carbonyl (C=O) groups is 1. The zero-order valence-electron chi connectivity index (χ0n) is 31.3. The zero-order valence-corrected chi connectivity index (χ0v) is 34.5. The van der Waals surface area contributed by atoms with Gasteiger partial charge in [-0.15, -0.1) is 47.2 Å². The maximum absolute atomic E-state index is 11.7. The quantitative estimate of drug-likeness (QED) is 0.0983. The van der Waals surface area contributed by atoms with Crippen LogP contribution in [0, 0.1) is 30.7 Å². The molecule has 0 saturated heterocycles. The van der Waals surface area contributed by atoms with Gasteiger partial charge in [0.15, 0.2) is 5.78 Å². The predicted octanol–water partition coefficient (Wildman–Crippen LogP) is 12.6. The van der Waals surface area contributed by atoms with E-state index in [-0.39, 0.29) is 54.3 Å². The molecule has 1 aliphatic carbocycles. The Kier molecular flexibility index (Phi) is 13.9. The van der Waals surface area contributed by atoms with Crippen LogP contribution in [0.2, 0.25) is 0 Å². The first-order valence-corrected chi connectivity index (χ1v) is 18.8. The Morgan fingerprint density at radius 3 is 2.08 bits per heavy atom. The monoisotopic (exact) mass is 845 g/mol. The van der Waals surface area contributed by atoms with Crippen LogP contribution in [0.15, 0.2) is 48.4 Å². The van der Waals surface area contributed by atoms with Crippen LogP contribution in [-0.2, 0) is 42.2 Å². The van der Waals surface area contributed by atoms with Gasteiger partial charge in [-0.05, 0) is 102 Å². The molecule has 1 N–H and O–H groups in total. The van der Waals surface area contributed by atoms with E-state index >= 15 is 0 Å². The predicted molar refractivity (Wildman–Crippen MR) is 204 cm³/mol. The van der Waals surface area contributed by atoms with Crippen molar-refractivity contribution < 1.29 is 30.0 Å². The maximum Gasteiger partial charge on any atom is 0.162 e. The second kappa shape index (κ2) is 16.6. The molecule has 48 heavy (non-hydrogen) atoms. The van der Waals surface area contributed by atoms with Gasteiger partial charge in [0.05, 0.1) is 5.76 Å². The molecule has 0 bridgehead atoms. The molecule has 1 aliphatic rings. The first-order valence-electron chi connectivity index (χ1n) is 18.0. The molecular formula is C43H58IrNO2S-. The van der Waals surface area contributed by atoms with Crippen molar-refractivity contribution in [2.45, 2.75) is 132 Å². The number of aliphatic hydroxyl groups excluding tert-OH is 1. The van der Waals surface area contributed by atoms with E-state index in [2.05, 4.69) is 72.7 Å². The number of aromatic nitrogens is 1. The molecule has 0 unspecified atom stereocenters. The van der Waals surface area contributed by atoms with Gasteiger partial charge in [-0.2, -0.15) is 0 Å². The fraction of sp³-hybridized carbons (Fsp3) is 0.535. The summed E-state index contributed by atoms with van der Waals surface area (Å²) in [6.45, 7) is 25.0. The number of aliphatic hydroxyl groups is 1. The van der Waals surface area contributed by atoms with Gasteiger partial charge in [0.25, 0.3) is 0 Å². The third-order valence-corrected chi connectivity index (χ3v) is 11.8. The number of nitrogens with zero attached hydrogens (tertiary/aromatic N) is 1. The van der Waals surface area contributed by atoms with E-state index in [9.17, 15) is 9.90 Å². The van der Waals surface area contributed by atoms with Gasteiger partial charge in [0.2, 0.25) is 0 Å². The van der Waals surface area contributed by atoms with E-state index in [0.717, 1.165) is 43.4 Å². The van der Waals surface area contributed by atoms with Gasteiger partial charge >= 0.3 is 0 Å². The summed E-state index contributed by atoms with van der Waals surface area (Å²) in [7, 11) is 0. The second-order valence-electron chi connectivity index (χ2n) is 15.3. The third-order valence-electron chi connectivity index (χ3n) is 10.6. The number of allylic oxidation sites excluding steroid dienone is 2. The average molecular weight is 845 g/mol. The molecule has 4 aromatic rings. The third kappa shape index (κ3) is 8.17. The number of rotatable bonds is 10. The van der Waals surface area contributed by atoms with Crippen LogP contribution < -0.4 is 0 Å². The van der Waals surface area contributed by atoms with Crippen molar-refractivity contribution in [3.63, 3.8) is 0 Å². The fourth-order valence-corrected chi connectivity index (χ4v) is 9.24. The van der Waals surface area contributed by atoms with Crippen LogP contribution in [0.25, 0.3) is 31.4 Å². The number of carbonyl (C=O) groups excluding carboxylic acids is 1. The molecule has 5 rings (SSSR count). The maximum atomic E-state index is 11.7. The van der Waals surface area contributed by atoms with Gasteiger partial charge < -0.3 is 10.1 Å². The number of hydrogen-bond acceptors (Lipinski definition) is 4. The van der Waals surface area contributed by atoms with E-state index in [1.165, 1.54) is 44.7 Å². The Balaban J connectivity index is 0.000000334. The molecule has 0 aliphatic heterocycles. The Labute approximate surface area is 308 Å². The van der Waals surface area contributed by atoms with Crippen LogP contribution in [0.4, 0.5) is 0 Å². The smallest absolute Gasteiger partial charge is 0.162 e. The van der Waals surface area contributed by atoms with Crippen molar-refractivity contribution in [1.29, 1.82) is 0 Å². The minimum atomic E-state index is 0. The number of fused-ring (bicyclic) bond motifs is 5. The second-order valence-corrected chi connectivity index (χ2v) is 16.4. The van der Waals surface area contributed by atoms with Gasteiger partial charge in [-0.3, -0.25) is 4.79 Å². The minimum absolute atomic E-state index is 0. The summed E-state index contributed by atoms with van der Waals surface area (Å²) in [5.74, 6) is 1.17. The van der Waals surface area contributed by atoms with E-state index in [4.69, 9.17) is 4.98 Å². The molecule has 0 fully saturated rings. The molecule has 0 spiro atoms. The molecule has 2 aromatic carbocycles. The number of thiophene rings is 1. The van der Waals surface area contributed by atoms with Crippen molar-refractivity contribution >= 4 is 37.3 Å². The van der Waals surface area contributed by atoms with Crippen LogP contribution in [0.5, 0.6) is 0 Å². The number of benzene rings is 2. The van der Waals surface area contributed by atoms with Gasteiger partial charge in [-0.25, -0.2) is 0 Å². The summed E-state index contributed by atoms with van der Waals surface area (Å²) in [5, 5.41) is 12.6. The largest absolute Gasteiger partial charge is 0.512 e. The summed E-state index contributed by atoms with van der Waals surface area (Å²) in [6.07, 6.45) is 10.5. The van der Waals surface area contributed by atoms with Crippen molar-refractivity contribution in [3.05, 3.63) is 76.7 Å². The van der Waals surface area contributed by atoms with Crippen molar-refractivity contribution in [1.82, 2.24) is 4.98 Å². The Morgan fingerprint density at radius 1 is 0.938 bits per heavy atom. The summed E-state index contributed by atoms with van der Waals surface area (Å²) < 4.78 is 2.81. The van der Waals surface area contributed by atoms with Crippen molar-refractivity contribution in [3.8, 4) is 11.3 Å². The summed E-state index contributed by atoms with van der Waals surface area (Å²) in [4.78, 5) is 16.6. The molecule has 2 heterocycles. The molecular weight excluding hydrogens is 787 g/mol. The van der Waals surface area contributed by atoms with Crippen LogP contribution in [-0.4, -0.2) is 15.9 Å². The van der Waals surface area contributed by atoms with E-state index in [0.29, 0.717) is 5.92 Å². The van der Waals surface area contributed by atoms with Gasteiger partial charge in [0.1, 0.15) is 0 Å². The van der Waals surface area contributed by atoms with Gasteiger partial charge in [0, 0.05) is 64.7 Å². The van der Waals surface area contributed by atoms with Crippen molar-refractivity contribution in [2.75, 3.05) is 0 Å². The van der Waals surface area contributed by atoms with E-state index in [1.807, 2.05) is 57.4 Å². The molecule has 0 atom stereocenters. The average Bonchev–Trinajstić information content (AvgIpc) is 3.42. The molecule has 2 aromatic heterocycles. The van der Waals surface area contributed by atoms with Crippen LogP contribution >= 0.6 is 11.3 Å². The molecule has 0 saturated carbocycles. The Morgan fingerprint density at radius 2 is 1.54 bits per heavy atom. The molecule has 5 heteroatoms. The van der Waals surface area contributed by atoms with E-state index < -0.39 is 0 Å². The standard InChI is InChI=1S/C30H34NS.C13H24O2.Ir/c1-18(2)17-22-19(3)24-25(30(6,7)15-14-29(24,4)5)28-23(22)21-13-16-31-26(27(21)32-28)20-11-9-8-10-12-20;1-5-10(6-2)12(14)9-13(15)11(7-3)8-4;/h8-11,13,16,18H,14-15,17H2,1-7H3;9-11,14H,5-8H2,1-4H3;/q-1;;/b;12-9-;. The van der Waals surface area contributed by atoms with E-state index in [1.54, 1.807) is 16.7 Å². The minimum Gasteiger partial charge on any atom is -0.512 e. The number of pyridine rings is 1. The summed E-state index contributed by atoms with van der Waals surface area (Å²) in [5.41, 5.74) is 8.83. The normalized spacial score (nSPS) is 15.4. The summed E-state index contributed by atoms with van der Waals surface area (Å²) in [6, 6.07) is 13.9. The molecule has 0 amide bonds. The van der Waals surface area contributed by atoms with Crippen LogP contribution in [0.1, 0.15) is 130 Å². The fourth-order valence-electron chi connectivity index (χ4n) is 7.68. The molecule has 263 valence electrons. The first-order chi connectivity index (χ1) is 22.2. The Hall–Kier alpha value is -2.33. The number of hydrogen-bond donors (Lipinski definition) is 1. The zero-order chi connectivity index (χ0) is 34.7. The SMILES string of the molecule is CCC(CC)C(=O)/C=C(\O)C(CC)CC.Cc1c2c(c3sc4c(-c5[c-]cccc5)nccc4c3c1CC(C)C)C(C)(C)CCC2(C)C.[Ir]. The number of ketones is 1. The van der Waals surface area contributed by atoms with Crippen LogP contribution in [0.3, 0.4) is 0 Å². The topological polar surface area (TPSA) is 50.2 Å². The summed E-state index contributed by atoms with van der Waals surface area (Å²) >= 11 is 1.97. The molecule has 1 radical (unpaired) electrons. The Bertz CT molecular complexity index is 1720. The first kappa shape index (κ1) is 40.1.